The van der Waals surface area contributed by atoms with Crippen molar-refractivity contribution in [1.82, 2.24) is 0 Å². The summed E-state index contributed by atoms with van der Waals surface area (Å²) in [5, 5.41) is 21.5. The Labute approximate surface area is 137 Å². The van der Waals surface area contributed by atoms with Crippen molar-refractivity contribution in [2.45, 2.75) is 26.6 Å². The largest absolute Gasteiger partial charge is 0.507 e. The molecule has 1 aliphatic rings. The van der Waals surface area contributed by atoms with E-state index in [1.165, 1.54) is 26.8 Å². The normalized spacial score (nSPS) is 15.8. The monoisotopic (exact) mass is 330 g/mol. The molecule has 0 spiro atoms. The summed E-state index contributed by atoms with van der Waals surface area (Å²) in [7, 11) is 0. The molecule has 8 nitrogen and oxygen atoms in total. The van der Waals surface area contributed by atoms with Crippen molar-refractivity contribution in [3.05, 3.63) is 35.0 Å². The van der Waals surface area contributed by atoms with E-state index in [1.807, 2.05) is 6.07 Å². The number of carbonyl (C=O) groups is 3. The summed E-state index contributed by atoms with van der Waals surface area (Å²) < 4.78 is 9.85. The molecule has 0 bridgehead atoms. The first-order valence-corrected chi connectivity index (χ1v) is 6.86. The lowest BCUT2D eigenvalue weighted by molar-refractivity contribution is -0.222. The highest BCUT2D eigenvalue weighted by Crippen LogP contribution is 2.28. The van der Waals surface area contributed by atoms with Crippen molar-refractivity contribution < 1.29 is 29.0 Å². The first-order valence-electron chi connectivity index (χ1n) is 6.86. The molecule has 1 fully saturated rings. The van der Waals surface area contributed by atoms with Gasteiger partial charge in [-0.2, -0.15) is 5.26 Å². The van der Waals surface area contributed by atoms with Gasteiger partial charge in [-0.15, -0.1) is 0 Å². The molecule has 0 amide bonds. The Bertz CT molecular complexity index is 795. The van der Waals surface area contributed by atoms with E-state index in [9.17, 15) is 19.5 Å². The van der Waals surface area contributed by atoms with Crippen LogP contribution in [0.3, 0.4) is 0 Å². The predicted octanol–water partition coefficient (Wildman–Crippen LogP) is 1.60. The second-order valence-electron chi connectivity index (χ2n) is 5.46. The number of hydrogen-bond donors (Lipinski definition) is 2. The first kappa shape index (κ1) is 17.0. The number of phenolic OH excluding ortho intramolecular Hbond substituents is 1. The number of nitrogens with one attached hydrogen (secondary N) is 1. The quantitative estimate of drug-likeness (QED) is 0.370. The molecular weight excluding hydrogens is 316 g/mol. The summed E-state index contributed by atoms with van der Waals surface area (Å²) >= 11 is 0. The lowest BCUT2D eigenvalue weighted by Gasteiger charge is -2.29. The SMILES string of the molecule is CC(=O)c1cc(C#N)c(NC=C2C(=O)OC(C)(C)OC2=O)cc1O. The van der Waals surface area contributed by atoms with E-state index < -0.39 is 29.1 Å². The fraction of sp³-hybridized carbons (Fsp3) is 0.250. The Kier molecular flexibility index (Phi) is 4.28. The standard InChI is InChI=1S/C16H14N2O6/c1-8(19)10-4-9(6-17)12(5-13(10)20)18-7-11-14(21)23-16(2,3)24-15(11)22/h4-5,7,18,20H,1-3H3. The van der Waals surface area contributed by atoms with Crippen molar-refractivity contribution in [1.29, 1.82) is 5.26 Å². The molecule has 1 aromatic carbocycles. The number of aromatic hydroxyl groups is 1. The molecule has 0 unspecified atom stereocenters. The molecule has 1 heterocycles. The second kappa shape index (κ2) is 6.04. The molecule has 0 atom stereocenters. The molecule has 0 aromatic heterocycles. The van der Waals surface area contributed by atoms with E-state index in [0.717, 1.165) is 12.3 Å². The van der Waals surface area contributed by atoms with Gasteiger partial charge < -0.3 is 19.9 Å². The van der Waals surface area contributed by atoms with Crippen LogP contribution in [0.25, 0.3) is 0 Å². The molecule has 124 valence electrons. The van der Waals surface area contributed by atoms with Gasteiger partial charge in [0.1, 0.15) is 11.8 Å². The van der Waals surface area contributed by atoms with Gasteiger partial charge in [0.25, 0.3) is 5.79 Å². The molecule has 2 N–H and O–H groups in total. The molecule has 0 radical (unpaired) electrons. The third kappa shape index (κ3) is 3.35. The minimum Gasteiger partial charge on any atom is -0.507 e. The van der Waals surface area contributed by atoms with Crippen molar-refractivity contribution >= 4 is 23.4 Å². The van der Waals surface area contributed by atoms with Crippen LogP contribution in [0, 0.1) is 11.3 Å². The van der Waals surface area contributed by atoms with Gasteiger partial charge in [-0.05, 0) is 13.0 Å². The number of ketones is 1. The number of nitrogens with zero attached hydrogens (tertiary/aromatic N) is 1. The summed E-state index contributed by atoms with van der Waals surface area (Å²) in [5.74, 6) is -3.86. The zero-order chi connectivity index (χ0) is 18.1. The molecule has 8 heteroatoms. The number of nitriles is 1. The number of hydrogen-bond acceptors (Lipinski definition) is 8. The van der Waals surface area contributed by atoms with Crippen molar-refractivity contribution in [2.75, 3.05) is 5.32 Å². The Balaban J connectivity index is 2.34. The summed E-state index contributed by atoms with van der Waals surface area (Å²) in [6, 6.07) is 4.21. The number of Topliss-reactive ketones (excluding diaryl/α,β-unsaturated/α-hetero) is 1. The first-order chi connectivity index (χ1) is 11.1. The van der Waals surface area contributed by atoms with Gasteiger partial charge in [0, 0.05) is 26.1 Å². The fourth-order valence-corrected chi connectivity index (χ4v) is 2.01. The van der Waals surface area contributed by atoms with Crippen LogP contribution in [0.15, 0.2) is 23.9 Å². The fourth-order valence-electron chi connectivity index (χ4n) is 2.01. The van der Waals surface area contributed by atoms with Crippen LogP contribution in [0.5, 0.6) is 5.75 Å². The smallest absolute Gasteiger partial charge is 0.350 e. The van der Waals surface area contributed by atoms with Gasteiger partial charge in [-0.1, -0.05) is 0 Å². The zero-order valence-electron chi connectivity index (χ0n) is 13.2. The minimum atomic E-state index is -1.36. The van der Waals surface area contributed by atoms with Crippen molar-refractivity contribution in [3.63, 3.8) is 0 Å². The predicted molar refractivity (Wildman–Crippen MR) is 80.8 cm³/mol. The third-order valence-electron chi connectivity index (χ3n) is 3.12. The van der Waals surface area contributed by atoms with Crippen molar-refractivity contribution in [2.24, 2.45) is 0 Å². The lowest BCUT2D eigenvalue weighted by atomic mass is 10.1. The third-order valence-corrected chi connectivity index (χ3v) is 3.12. The Hall–Kier alpha value is -3.34. The number of rotatable bonds is 3. The van der Waals surface area contributed by atoms with Gasteiger partial charge >= 0.3 is 11.9 Å². The number of benzene rings is 1. The molecule has 1 aliphatic heterocycles. The number of anilines is 1. The molecule has 1 saturated heterocycles. The van der Waals surface area contributed by atoms with Crippen LogP contribution in [-0.2, 0) is 19.1 Å². The van der Waals surface area contributed by atoms with Gasteiger partial charge in [-0.25, -0.2) is 9.59 Å². The minimum absolute atomic E-state index is 0.0111. The van der Waals surface area contributed by atoms with E-state index in [2.05, 4.69) is 5.32 Å². The highest BCUT2D eigenvalue weighted by atomic mass is 16.7. The highest BCUT2D eigenvalue weighted by molar-refractivity contribution is 6.15. The van der Waals surface area contributed by atoms with E-state index in [0.29, 0.717) is 0 Å². The summed E-state index contributed by atoms with van der Waals surface area (Å²) in [6.45, 7) is 4.08. The average Bonchev–Trinajstić information content (AvgIpc) is 2.44. The molecule has 0 aliphatic carbocycles. The molecular formula is C16H14N2O6. The number of phenols is 1. The number of carbonyl (C=O) groups excluding carboxylic acids is 3. The second-order valence-corrected chi connectivity index (χ2v) is 5.46. The zero-order valence-corrected chi connectivity index (χ0v) is 13.2. The van der Waals surface area contributed by atoms with Crippen LogP contribution in [0.4, 0.5) is 5.69 Å². The van der Waals surface area contributed by atoms with E-state index in [4.69, 9.17) is 14.7 Å². The maximum absolute atomic E-state index is 11.8. The van der Waals surface area contributed by atoms with Crippen LogP contribution in [0.1, 0.15) is 36.7 Å². The molecule has 2 rings (SSSR count). The maximum atomic E-state index is 11.8. The van der Waals surface area contributed by atoms with Crippen LogP contribution in [-0.4, -0.2) is 28.6 Å². The summed E-state index contributed by atoms with van der Waals surface area (Å²) in [6.07, 6.45) is 1.02. The lowest BCUT2D eigenvalue weighted by Crippen LogP contribution is -2.42. The van der Waals surface area contributed by atoms with Gasteiger partial charge in [0.2, 0.25) is 0 Å². The maximum Gasteiger partial charge on any atom is 0.350 e. The molecule has 1 aromatic rings. The number of esters is 2. The summed E-state index contributed by atoms with van der Waals surface area (Å²) in [5.41, 5.74) is -0.248. The topological polar surface area (TPSA) is 126 Å². The van der Waals surface area contributed by atoms with Crippen molar-refractivity contribution in [3.8, 4) is 11.8 Å². The summed E-state index contributed by atoms with van der Waals surface area (Å²) in [4.78, 5) is 35.0. The van der Waals surface area contributed by atoms with E-state index in [-0.39, 0.29) is 22.6 Å². The van der Waals surface area contributed by atoms with Gasteiger partial charge in [0.05, 0.1) is 16.8 Å². The van der Waals surface area contributed by atoms with E-state index >= 15 is 0 Å². The molecule has 24 heavy (non-hydrogen) atoms. The van der Waals surface area contributed by atoms with Crippen LogP contribution < -0.4 is 5.32 Å². The van der Waals surface area contributed by atoms with E-state index in [1.54, 1.807) is 0 Å². The van der Waals surface area contributed by atoms with Crippen LogP contribution in [0.2, 0.25) is 0 Å². The van der Waals surface area contributed by atoms with Gasteiger partial charge in [-0.3, -0.25) is 4.79 Å². The Morgan fingerprint density at radius 3 is 2.38 bits per heavy atom. The number of cyclic esters (lactones) is 2. The molecule has 0 saturated carbocycles. The average molecular weight is 330 g/mol. The number of ether oxygens (including phenoxy) is 2. The Morgan fingerprint density at radius 1 is 1.29 bits per heavy atom. The Morgan fingerprint density at radius 2 is 1.88 bits per heavy atom. The highest BCUT2D eigenvalue weighted by Gasteiger charge is 2.39. The van der Waals surface area contributed by atoms with Gasteiger partial charge in [0.15, 0.2) is 11.4 Å². The van der Waals surface area contributed by atoms with Crippen LogP contribution >= 0.6 is 0 Å².